The predicted molar refractivity (Wildman–Crippen MR) is 60.1 cm³/mol. The lowest BCUT2D eigenvalue weighted by Gasteiger charge is -2.08. The number of nitrogens with zero attached hydrogens (tertiary/aromatic N) is 1. The van der Waals surface area contributed by atoms with Crippen LogP contribution in [0.3, 0.4) is 0 Å². The van der Waals surface area contributed by atoms with Crippen molar-refractivity contribution in [1.29, 1.82) is 0 Å². The maximum Gasteiger partial charge on any atom is 0.262 e. The van der Waals surface area contributed by atoms with Crippen molar-refractivity contribution >= 4 is 10.9 Å². The molecule has 84 valence electrons. The summed E-state index contributed by atoms with van der Waals surface area (Å²) in [6, 6.07) is 3.40. The van der Waals surface area contributed by atoms with E-state index in [1.807, 2.05) is 6.92 Å². The van der Waals surface area contributed by atoms with E-state index in [1.54, 1.807) is 12.1 Å². The molecule has 0 spiro atoms. The molecule has 1 aromatic carbocycles. The number of H-pyrrole nitrogens is 1. The van der Waals surface area contributed by atoms with Crippen LogP contribution in [0.15, 0.2) is 23.3 Å². The molecule has 0 fully saturated rings. The summed E-state index contributed by atoms with van der Waals surface area (Å²) in [7, 11) is 1.51. The second-order valence-electron chi connectivity index (χ2n) is 3.18. The SMILES string of the molecule is CCOc1cc(OC)c2c(=O)[nH]cnc2c1. The molecule has 1 heterocycles. The Kier molecular flexibility index (Phi) is 2.76. The third kappa shape index (κ3) is 1.71. The van der Waals surface area contributed by atoms with Crippen LogP contribution in [-0.2, 0) is 0 Å². The molecule has 0 saturated heterocycles. The molecule has 2 aromatic rings. The van der Waals surface area contributed by atoms with Crippen molar-refractivity contribution in [2.45, 2.75) is 6.92 Å². The predicted octanol–water partition coefficient (Wildman–Crippen LogP) is 1.33. The van der Waals surface area contributed by atoms with Crippen LogP contribution >= 0.6 is 0 Å². The molecule has 0 unspecified atom stereocenters. The first kappa shape index (κ1) is 10.5. The Morgan fingerprint density at radius 1 is 1.44 bits per heavy atom. The highest BCUT2D eigenvalue weighted by Gasteiger charge is 2.09. The van der Waals surface area contributed by atoms with Crippen molar-refractivity contribution in [3.8, 4) is 11.5 Å². The second kappa shape index (κ2) is 4.22. The Hall–Kier alpha value is -2.04. The van der Waals surface area contributed by atoms with Gasteiger partial charge in [-0.3, -0.25) is 4.79 Å². The first-order valence-electron chi connectivity index (χ1n) is 4.94. The van der Waals surface area contributed by atoms with Crippen LogP contribution in [0.2, 0.25) is 0 Å². The van der Waals surface area contributed by atoms with Crippen LogP contribution in [0.5, 0.6) is 11.5 Å². The van der Waals surface area contributed by atoms with E-state index in [2.05, 4.69) is 9.97 Å². The van der Waals surface area contributed by atoms with Gasteiger partial charge in [0.05, 0.1) is 25.6 Å². The fourth-order valence-electron chi connectivity index (χ4n) is 1.55. The van der Waals surface area contributed by atoms with Crippen LogP contribution in [0, 0.1) is 0 Å². The van der Waals surface area contributed by atoms with Crippen molar-refractivity contribution in [3.05, 3.63) is 28.8 Å². The molecule has 0 radical (unpaired) electrons. The van der Waals surface area contributed by atoms with E-state index in [9.17, 15) is 4.79 Å². The number of benzene rings is 1. The molecule has 0 atom stereocenters. The second-order valence-corrected chi connectivity index (χ2v) is 3.18. The highest BCUT2D eigenvalue weighted by molar-refractivity contribution is 5.85. The van der Waals surface area contributed by atoms with Crippen LogP contribution in [0.4, 0.5) is 0 Å². The molecule has 5 heteroatoms. The third-order valence-electron chi connectivity index (χ3n) is 2.21. The highest BCUT2D eigenvalue weighted by atomic mass is 16.5. The molecule has 5 nitrogen and oxygen atoms in total. The highest BCUT2D eigenvalue weighted by Crippen LogP contribution is 2.27. The largest absolute Gasteiger partial charge is 0.496 e. The average Bonchev–Trinajstić information content (AvgIpc) is 2.28. The molecular formula is C11H12N2O3. The van der Waals surface area contributed by atoms with Crippen LogP contribution < -0.4 is 15.0 Å². The van der Waals surface area contributed by atoms with Gasteiger partial charge < -0.3 is 14.5 Å². The lowest BCUT2D eigenvalue weighted by atomic mass is 10.2. The van der Waals surface area contributed by atoms with E-state index >= 15 is 0 Å². The van der Waals surface area contributed by atoms with E-state index in [4.69, 9.17) is 9.47 Å². The Labute approximate surface area is 92.0 Å². The zero-order valence-corrected chi connectivity index (χ0v) is 9.11. The molecular weight excluding hydrogens is 208 g/mol. The maximum absolute atomic E-state index is 11.6. The van der Waals surface area contributed by atoms with Crippen molar-refractivity contribution in [3.63, 3.8) is 0 Å². The van der Waals surface area contributed by atoms with Crippen molar-refractivity contribution < 1.29 is 9.47 Å². The maximum atomic E-state index is 11.6. The summed E-state index contributed by atoms with van der Waals surface area (Å²) in [5, 5.41) is 0.438. The lowest BCUT2D eigenvalue weighted by Crippen LogP contribution is -2.08. The van der Waals surface area contributed by atoms with Crippen molar-refractivity contribution in [2.75, 3.05) is 13.7 Å². The van der Waals surface area contributed by atoms with Gasteiger partial charge in [0.15, 0.2) is 0 Å². The van der Waals surface area contributed by atoms with Gasteiger partial charge in [0, 0.05) is 12.1 Å². The monoisotopic (exact) mass is 220 g/mol. The smallest absolute Gasteiger partial charge is 0.262 e. The molecule has 0 aliphatic carbocycles. The number of methoxy groups -OCH3 is 1. The summed E-state index contributed by atoms with van der Waals surface area (Å²) >= 11 is 0. The topological polar surface area (TPSA) is 64.2 Å². The molecule has 1 N–H and O–H groups in total. The average molecular weight is 220 g/mol. The number of hydrogen-bond donors (Lipinski definition) is 1. The van der Waals surface area contributed by atoms with Gasteiger partial charge in [-0.05, 0) is 6.92 Å². The summed E-state index contributed by atoms with van der Waals surface area (Å²) in [4.78, 5) is 18.2. The summed E-state index contributed by atoms with van der Waals surface area (Å²) in [5.41, 5.74) is 0.344. The number of hydrogen-bond acceptors (Lipinski definition) is 4. The Morgan fingerprint density at radius 3 is 2.94 bits per heavy atom. The molecule has 16 heavy (non-hydrogen) atoms. The van der Waals surface area contributed by atoms with E-state index in [0.29, 0.717) is 29.0 Å². The molecule has 0 saturated carbocycles. The molecule has 1 aromatic heterocycles. The third-order valence-corrected chi connectivity index (χ3v) is 2.21. The lowest BCUT2D eigenvalue weighted by molar-refractivity contribution is 0.337. The summed E-state index contributed by atoms with van der Waals surface area (Å²) in [6.07, 6.45) is 1.36. The van der Waals surface area contributed by atoms with E-state index in [-0.39, 0.29) is 5.56 Å². The Bertz CT molecular complexity index is 563. The van der Waals surface area contributed by atoms with Gasteiger partial charge in [-0.25, -0.2) is 4.98 Å². The standard InChI is InChI=1S/C11H12N2O3/c1-3-16-7-4-8-10(9(5-7)15-2)11(14)13-6-12-8/h4-6H,3H2,1-2H3,(H,12,13,14). The molecule has 0 bridgehead atoms. The van der Waals surface area contributed by atoms with E-state index in [0.717, 1.165) is 0 Å². The minimum absolute atomic E-state index is 0.218. The number of rotatable bonds is 3. The van der Waals surface area contributed by atoms with Gasteiger partial charge in [0.1, 0.15) is 16.9 Å². The van der Waals surface area contributed by atoms with Crippen LogP contribution in [0.25, 0.3) is 10.9 Å². The van der Waals surface area contributed by atoms with Crippen LogP contribution in [0.1, 0.15) is 6.92 Å². The molecule has 0 aliphatic heterocycles. The van der Waals surface area contributed by atoms with Gasteiger partial charge in [0.25, 0.3) is 5.56 Å². The summed E-state index contributed by atoms with van der Waals surface area (Å²) in [6.45, 7) is 2.44. The van der Waals surface area contributed by atoms with Gasteiger partial charge >= 0.3 is 0 Å². The first-order valence-corrected chi connectivity index (χ1v) is 4.94. The quantitative estimate of drug-likeness (QED) is 0.847. The number of ether oxygens (including phenoxy) is 2. The van der Waals surface area contributed by atoms with Gasteiger partial charge in [-0.1, -0.05) is 0 Å². The number of aromatic nitrogens is 2. The minimum atomic E-state index is -0.218. The Morgan fingerprint density at radius 2 is 2.25 bits per heavy atom. The van der Waals surface area contributed by atoms with Gasteiger partial charge in [0.2, 0.25) is 0 Å². The molecule has 0 amide bonds. The van der Waals surface area contributed by atoms with E-state index in [1.165, 1.54) is 13.4 Å². The van der Waals surface area contributed by atoms with E-state index < -0.39 is 0 Å². The van der Waals surface area contributed by atoms with Crippen molar-refractivity contribution in [2.24, 2.45) is 0 Å². The summed E-state index contributed by atoms with van der Waals surface area (Å²) in [5.74, 6) is 1.11. The minimum Gasteiger partial charge on any atom is -0.496 e. The Balaban J connectivity index is 2.73. The first-order chi connectivity index (χ1) is 7.76. The number of aromatic amines is 1. The van der Waals surface area contributed by atoms with Gasteiger partial charge in [-0.15, -0.1) is 0 Å². The summed E-state index contributed by atoms with van der Waals surface area (Å²) < 4.78 is 10.5. The fraction of sp³-hybridized carbons (Fsp3) is 0.273. The zero-order chi connectivity index (χ0) is 11.5. The fourth-order valence-corrected chi connectivity index (χ4v) is 1.55. The van der Waals surface area contributed by atoms with Gasteiger partial charge in [-0.2, -0.15) is 0 Å². The zero-order valence-electron chi connectivity index (χ0n) is 9.11. The van der Waals surface area contributed by atoms with Crippen LogP contribution in [-0.4, -0.2) is 23.7 Å². The number of fused-ring (bicyclic) bond motifs is 1. The van der Waals surface area contributed by atoms with Crippen molar-refractivity contribution in [1.82, 2.24) is 9.97 Å². The molecule has 2 rings (SSSR count). The molecule has 0 aliphatic rings. The normalized spacial score (nSPS) is 10.4. The number of nitrogens with one attached hydrogen (secondary N) is 1.